The van der Waals surface area contributed by atoms with Gasteiger partial charge in [-0.1, -0.05) is 48.2 Å². The lowest BCUT2D eigenvalue weighted by Gasteiger charge is -2.20. The van der Waals surface area contributed by atoms with E-state index in [-0.39, 0.29) is 23.1 Å². The highest BCUT2D eigenvalue weighted by atomic mass is 35.5. The van der Waals surface area contributed by atoms with Crippen LogP contribution in [0, 0.1) is 0 Å². The molecule has 0 bridgehead atoms. The number of carbonyl (C=O) groups is 2. The second-order valence-corrected chi connectivity index (χ2v) is 8.91. The summed E-state index contributed by atoms with van der Waals surface area (Å²) in [5.74, 6) is -0.167. The Hall–Kier alpha value is -2.28. The lowest BCUT2D eigenvalue weighted by Crippen LogP contribution is -2.30. The first kappa shape index (κ1) is 25.3. The van der Waals surface area contributed by atoms with Gasteiger partial charge in [0, 0.05) is 13.1 Å². The zero-order chi connectivity index (χ0) is 23.5. The largest absolute Gasteiger partial charge is 0.494 e. The van der Waals surface area contributed by atoms with E-state index in [2.05, 4.69) is 22.3 Å². The van der Waals surface area contributed by atoms with Crippen molar-refractivity contribution in [3.8, 4) is 5.75 Å². The Labute approximate surface area is 205 Å². The Balaban J connectivity index is 1.31. The molecular formula is C25H30Cl2N2O4. The van der Waals surface area contributed by atoms with E-state index in [1.807, 2.05) is 12.1 Å². The van der Waals surface area contributed by atoms with Crippen LogP contribution in [0.25, 0.3) is 0 Å². The molecule has 1 aliphatic heterocycles. The molecule has 1 amide bonds. The standard InChI is InChI=1S/C25H30Cl2N2O4/c26-22-10-9-20(16-23(22)27)25(31)33-18-24(30)28-11-6-14-32-21-8-5-7-19(15-21)17-29-12-3-1-2-4-13-29/h5,7-10,15-16H,1-4,6,11-14,17-18H2,(H,28,30). The van der Waals surface area contributed by atoms with E-state index in [0.29, 0.717) is 24.6 Å². The lowest BCUT2D eigenvalue weighted by molar-refractivity contribution is -0.124. The van der Waals surface area contributed by atoms with Crippen LogP contribution in [0.4, 0.5) is 0 Å². The monoisotopic (exact) mass is 492 g/mol. The smallest absolute Gasteiger partial charge is 0.338 e. The highest BCUT2D eigenvalue weighted by Gasteiger charge is 2.12. The molecule has 0 spiro atoms. The fourth-order valence-electron chi connectivity index (χ4n) is 3.66. The van der Waals surface area contributed by atoms with Crippen molar-refractivity contribution in [3.05, 3.63) is 63.6 Å². The number of ether oxygens (including phenoxy) is 2. The minimum Gasteiger partial charge on any atom is -0.494 e. The van der Waals surface area contributed by atoms with Gasteiger partial charge in [0.05, 0.1) is 22.2 Å². The minimum atomic E-state index is -0.632. The average Bonchev–Trinajstić information content (AvgIpc) is 3.08. The van der Waals surface area contributed by atoms with Gasteiger partial charge in [-0.05, 0) is 68.2 Å². The number of hydrogen-bond donors (Lipinski definition) is 1. The first-order valence-electron chi connectivity index (χ1n) is 11.3. The topological polar surface area (TPSA) is 67.9 Å². The van der Waals surface area contributed by atoms with Gasteiger partial charge in [-0.3, -0.25) is 9.69 Å². The molecule has 0 saturated carbocycles. The predicted molar refractivity (Wildman–Crippen MR) is 130 cm³/mol. The minimum absolute atomic E-state index is 0.240. The molecule has 3 rings (SSSR count). The Morgan fingerprint density at radius 2 is 1.76 bits per heavy atom. The van der Waals surface area contributed by atoms with E-state index in [1.165, 1.54) is 49.4 Å². The summed E-state index contributed by atoms with van der Waals surface area (Å²) in [6.07, 6.45) is 5.85. The molecule has 178 valence electrons. The summed E-state index contributed by atoms with van der Waals surface area (Å²) in [7, 11) is 0. The Morgan fingerprint density at radius 1 is 0.970 bits per heavy atom. The summed E-state index contributed by atoms with van der Waals surface area (Å²) >= 11 is 11.7. The summed E-state index contributed by atoms with van der Waals surface area (Å²) in [4.78, 5) is 26.4. The summed E-state index contributed by atoms with van der Waals surface area (Å²) in [5.41, 5.74) is 1.50. The van der Waals surface area contributed by atoms with E-state index < -0.39 is 5.97 Å². The van der Waals surface area contributed by atoms with Crippen LogP contribution < -0.4 is 10.1 Å². The molecule has 8 heteroatoms. The molecule has 0 atom stereocenters. The van der Waals surface area contributed by atoms with Gasteiger partial charge in [0.1, 0.15) is 5.75 Å². The normalized spacial score (nSPS) is 14.4. The number of amides is 1. The van der Waals surface area contributed by atoms with Gasteiger partial charge in [-0.15, -0.1) is 0 Å². The summed E-state index contributed by atoms with van der Waals surface area (Å²) < 4.78 is 10.8. The van der Waals surface area contributed by atoms with Crippen LogP contribution in [0.2, 0.25) is 10.0 Å². The van der Waals surface area contributed by atoms with Crippen LogP contribution in [0.15, 0.2) is 42.5 Å². The summed E-state index contributed by atoms with van der Waals surface area (Å²) in [5, 5.41) is 3.32. The third kappa shape index (κ3) is 8.88. The molecule has 1 fully saturated rings. The fraction of sp³-hybridized carbons (Fsp3) is 0.440. The van der Waals surface area contributed by atoms with E-state index in [0.717, 1.165) is 25.4 Å². The molecule has 1 aliphatic rings. The Kier molecular flexibility index (Phi) is 10.3. The van der Waals surface area contributed by atoms with Crippen molar-refractivity contribution in [1.29, 1.82) is 0 Å². The number of nitrogens with one attached hydrogen (secondary N) is 1. The Morgan fingerprint density at radius 3 is 2.52 bits per heavy atom. The third-order valence-electron chi connectivity index (χ3n) is 5.40. The molecule has 0 radical (unpaired) electrons. The second kappa shape index (κ2) is 13.4. The van der Waals surface area contributed by atoms with Crippen LogP contribution in [0.1, 0.15) is 48.0 Å². The zero-order valence-electron chi connectivity index (χ0n) is 18.7. The number of likely N-dealkylation sites (tertiary alicyclic amines) is 1. The number of halogens is 2. The number of rotatable bonds is 10. The molecule has 6 nitrogen and oxygen atoms in total. The Bertz CT molecular complexity index is 930. The van der Waals surface area contributed by atoms with Crippen LogP contribution >= 0.6 is 23.2 Å². The van der Waals surface area contributed by atoms with Gasteiger partial charge in [0.15, 0.2) is 6.61 Å². The molecular weight excluding hydrogens is 463 g/mol. The quantitative estimate of drug-likeness (QED) is 0.368. The highest BCUT2D eigenvalue weighted by molar-refractivity contribution is 6.42. The second-order valence-electron chi connectivity index (χ2n) is 8.09. The van der Waals surface area contributed by atoms with Gasteiger partial charge in [0.2, 0.25) is 0 Å². The maximum Gasteiger partial charge on any atom is 0.338 e. The van der Waals surface area contributed by atoms with Gasteiger partial charge in [-0.2, -0.15) is 0 Å². The third-order valence-corrected chi connectivity index (χ3v) is 6.14. The molecule has 2 aromatic rings. The van der Waals surface area contributed by atoms with E-state index in [1.54, 1.807) is 0 Å². The van der Waals surface area contributed by atoms with Crippen molar-refractivity contribution in [3.63, 3.8) is 0 Å². The molecule has 33 heavy (non-hydrogen) atoms. The van der Waals surface area contributed by atoms with E-state index >= 15 is 0 Å². The molecule has 0 aromatic heterocycles. The SMILES string of the molecule is O=C(COC(=O)c1ccc(Cl)c(Cl)c1)NCCCOc1cccc(CN2CCCCCC2)c1. The van der Waals surface area contributed by atoms with Crippen molar-refractivity contribution in [2.24, 2.45) is 0 Å². The predicted octanol–water partition coefficient (Wildman–Crippen LogP) is 5.11. The maximum atomic E-state index is 12.0. The summed E-state index contributed by atoms with van der Waals surface area (Å²) in [6.45, 7) is 3.82. The first-order valence-corrected chi connectivity index (χ1v) is 12.1. The van der Waals surface area contributed by atoms with Crippen molar-refractivity contribution >= 4 is 35.1 Å². The van der Waals surface area contributed by atoms with Crippen molar-refractivity contribution in [2.75, 3.05) is 32.8 Å². The molecule has 1 heterocycles. The van der Waals surface area contributed by atoms with Crippen LogP contribution in [0.5, 0.6) is 5.75 Å². The van der Waals surface area contributed by atoms with Crippen LogP contribution in [-0.2, 0) is 16.1 Å². The number of hydrogen-bond acceptors (Lipinski definition) is 5. The van der Waals surface area contributed by atoms with E-state index in [9.17, 15) is 9.59 Å². The number of carbonyl (C=O) groups excluding carboxylic acids is 2. The van der Waals surface area contributed by atoms with Crippen molar-refractivity contribution < 1.29 is 19.1 Å². The molecule has 0 aliphatic carbocycles. The average molecular weight is 493 g/mol. The highest BCUT2D eigenvalue weighted by Crippen LogP contribution is 2.23. The van der Waals surface area contributed by atoms with Crippen LogP contribution in [-0.4, -0.2) is 49.6 Å². The zero-order valence-corrected chi connectivity index (χ0v) is 20.2. The molecule has 1 N–H and O–H groups in total. The van der Waals surface area contributed by atoms with Gasteiger partial charge in [0.25, 0.3) is 5.91 Å². The van der Waals surface area contributed by atoms with Gasteiger partial charge in [-0.25, -0.2) is 4.79 Å². The van der Waals surface area contributed by atoms with Crippen molar-refractivity contribution in [1.82, 2.24) is 10.2 Å². The van der Waals surface area contributed by atoms with Gasteiger partial charge < -0.3 is 14.8 Å². The van der Waals surface area contributed by atoms with Crippen LogP contribution in [0.3, 0.4) is 0 Å². The van der Waals surface area contributed by atoms with E-state index in [4.69, 9.17) is 32.7 Å². The molecule has 2 aromatic carbocycles. The first-order chi connectivity index (χ1) is 16.0. The maximum absolute atomic E-state index is 12.0. The number of benzene rings is 2. The lowest BCUT2D eigenvalue weighted by atomic mass is 10.2. The summed E-state index contributed by atoms with van der Waals surface area (Å²) in [6, 6.07) is 12.6. The van der Waals surface area contributed by atoms with Gasteiger partial charge >= 0.3 is 5.97 Å². The molecule has 1 saturated heterocycles. The van der Waals surface area contributed by atoms with Crippen molar-refractivity contribution in [2.45, 2.75) is 38.6 Å². The number of nitrogens with zero attached hydrogens (tertiary/aromatic N) is 1. The number of esters is 1. The fourth-order valence-corrected chi connectivity index (χ4v) is 3.96. The molecule has 0 unspecified atom stereocenters.